The lowest BCUT2D eigenvalue weighted by Crippen LogP contribution is -2.31. The van der Waals surface area contributed by atoms with Crippen molar-refractivity contribution in [3.8, 4) is 0 Å². The molecule has 0 aliphatic carbocycles. The molecule has 1 heterocycles. The Labute approximate surface area is 118 Å². The molecule has 0 saturated heterocycles. The molecule has 1 amide bonds. The SMILES string of the molecule is CCOCCN(C)C(=O)c1nc(C(C)C)ncc1Cl. The van der Waals surface area contributed by atoms with Gasteiger partial charge < -0.3 is 9.64 Å². The smallest absolute Gasteiger partial charge is 0.273 e. The van der Waals surface area contributed by atoms with Crippen LogP contribution in [0.15, 0.2) is 6.20 Å². The Kier molecular flexibility index (Phi) is 6.18. The van der Waals surface area contributed by atoms with E-state index < -0.39 is 0 Å². The summed E-state index contributed by atoms with van der Waals surface area (Å²) in [5.74, 6) is 0.553. The molecule has 0 aromatic carbocycles. The predicted molar refractivity (Wildman–Crippen MR) is 74.6 cm³/mol. The van der Waals surface area contributed by atoms with Gasteiger partial charge in [-0.05, 0) is 6.92 Å². The number of amides is 1. The van der Waals surface area contributed by atoms with Crippen LogP contribution in [0.3, 0.4) is 0 Å². The maximum atomic E-state index is 12.2. The fourth-order valence-electron chi connectivity index (χ4n) is 1.44. The molecule has 1 aromatic rings. The number of aromatic nitrogens is 2. The summed E-state index contributed by atoms with van der Waals surface area (Å²) < 4.78 is 5.22. The molecular weight excluding hydrogens is 266 g/mol. The summed E-state index contributed by atoms with van der Waals surface area (Å²) in [6, 6.07) is 0. The van der Waals surface area contributed by atoms with E-state index in [-0.39, 0.29) is 22.5 Å². The van der Waals surface area contributed by atoms with Gasteiger partial charge in [-0.25, -0.2) is 9.97 Å². The van der Waals surface area contributed by atoms with Crippen molar-refractivity contribution in [1.82, 2.24) is 14.9 Å². The number of carbonyl (C=O) groups excluding carboxylic acids is 1. The second kappa shape index (κ2) is 7.40. The van der Waals surface area contributed by atoms with E-state index in [1.807, 2.05) is 20.8 Å². The largest absolute Gasteiger partial charge is 0.380 e. The van der Waals surface area contributed by atoms with Gasteiger partial charge in [0, 0.05) is 26.1 Å². The van der Waals surface area contributed by atoms with Crippen LogP contribution in [0.2, 0.25) is 5.02 Å². The van der Waals surface area contributed by atoms with Gasteiger partial charge in [0.1, 0.15) is 5.82 Å². The first-order valence-electron chi connectivity index (χ1n) is 6.33. The highest BCUT2D eigenvalue weighted by Gasteiger charge is 2.18. The minimum Gasteiger partial charge on any atom is -0.380 e. The van der Waals surface area contributed by atoms with Gasteiger partial charge in [0.25, 0.3) is 5.91 Å². The Morgan fingerprint density at radius 1 is 1.53 bits per heavy atom. The molecular formula is C13H20ClN3O2. The molecule has 0 aliphatic heterocycles. The third-order valence-corrected chi connectivity index (χ3v) is 2.88. The van der Waals surface area contributed by atoms with Crippen LogP contribution in [0, 0.1) is 0 Å². The fraction of sp³-hybridized carbons (Fsp3) is 0.615. The van der Waals surface area contributed by atoms with E-state index in [0.717, 1.165) is 0 Å². The molecule has 0 atom stereocenters. The zero-order valence-corrected chi connectivity index (χ0v) is 12.6. The number of ether oxygens (including phenoxy) is 1. The third-order valence-electron chi connectivity index (χ3n) is 2.60. The second-order valence-corrected chi connectivity index (χ2v) is 4.91. The Morgan fingerprint density at radius 2 is 2.21 bits per heavy atom. The third kappa shape index (κ3) is 4.44. The maximum Gasteiger partial charge on any atom is 0.273 e. The van der Waals surface area contributed by atoms with Crippen molar-refractivity contribution >= 4 is 17.5 Å². The highest BCUT2D eigenvalue weighted by Crippen LogP contribution is 2.17. The standard InChI is InChI=1S/C13H20ClN3O2/c1-5-19-7-6-17(4)13(18)11-10(14)8-15-12(16-11)9(2)3/h8-9H,5-7H2,1-4H3. The summed E-state index contributed by atoms with van der Waals surface area (Å²) >= 11 is 6.00. The van der Waals surface area contributed by atoms with Crippen LogP contribution < -0.4 is 0 Å². The number of rotatable bonds is 6. The highest BCUT2D eigenvalue weighted by atomic mass is 35.5. The molecule has 1 rings (SSSR count). The van der Waals surface area contributed by atoms with E-state index in [9.17, 15) is 4.79 Å². The van der Waals surface area contributed by atoms with Crippen LogP contribution in [0.25, 0.3) is 0 Å². The van der Waals surface area contributed by atoms with Crippen molar-refractivity contribution in [1.29, 1.82) is 0 Å². The monoisotopic (exact) mass is 285 g/mol. The van der Waals surface area contributed by atoms with Crippen LogP contribution in [-0.2, 0) is 4.74 Å². The molecule has 6 heteroatoms. The van der Waals surface area contributed by atoms with Gasteiger partial charge in [0.2, 0.25) is 0 Å². The van der Waals surface area contributed by atoms with Gasteiger partial charge in [-0.2, -0.15) is 0 Å². The lowest BCUT2D eigenvalue weighted by atomic mass is 10.2. The van der Waals surface area contributed by atoms with E-state index in [1.54, 1.807) is 11.9 Å². The number of likely N-dealkylation sites (N-methyl/N-ethyl adjacent to an activating group) is 1. The molecule has 1 aromatic heterocycles. The van der Waals surface area contributed by atoms with Crippen molar-refractivity contribution in [3.05, 3.63) is 22.7 Å². The van der Waals surface area contributed by atoms with Gasteiger partial charge in [0.15, 0.2) is 5.69 Å². The summed E-state index contributed by atoms with van der Waals surface area (Å²) in [5.41, 5.74) is 0.249. The molecule has 0 saturated carbocycles. The van der Waals surface area contributed by atoms with Crippen LogP contribution in [0.4, 0.5) is 0 Å². The fourth-order valence-corrected chi connectivity index (χ4v) is 1.61. The number of halogens is 1. The minimum absolute atomic E-state index is 0.151. The van der Waals surface area contributed by atoms with Gasteiger partial charge in [-0.3, -0.25) is 4.79 Å². The Hall–Kier alpha value is -1.20. The van der Waals surface area contributed by atoms with Crippen LogP contribution >= 0.6 is 11.6 Å². The molecule has 0 fully saturated rings. The first-order chi connectivity index (χ1) is 8.97. The molecule has 5 nitrogen and oxygen atoms in total. The van der Waals surface area contributed by atoms with E-state index in [1.165, 1.54) is 6.20 Å². The summed E-state index contributed by atoms with van der Waals surface area (Å²) in [7, 11) is 1.70. The lowest BCUT2D eigenvalue weighted by molar-refractivity contribution is 0.0704. The first-order valence-corrected chi connectivity index (χ1v) is 6.70. The first kappa shape index (κ1) is 15.9. The second-order valence-electron chi connectivity index (χ2n) is 4.50. The Morgan fingerprint density at radius 3 is 2.79 bits per heavy atom. The number of hydrogen-bond acceptors (Lipinski definition) is 4. The maximum absolute atomic E-state index is 12.2. The van der Waals surface area contributed by atoms with Gasteiger partial charge in [-0.1, -0.05) is 25.4 Å². The van der Waals surface area contributed by atoms with E-state index in [4.69, 9.17) is 16.3 Å². The molecule has 0 bridgehead atoms. The number of hydrogen-bond donors (Lipinski definition) is 0. The Bertz CT molecular complexity index is 438. The molecule has 0 unspecified atom stereocenters. The molecule has 106 valence electrons. The van der Waals surface area contributed by atoms with Gasteiger partial charge >= 0.3 is 0 Å². The zero-order valence-electron chi connectivity index (χ0n) is 11.8. The Balaban J connectivity index is 2.83. The summed E-state index contributed by atoms with van der Waals surface area (Å²) in [5, 5.41) is 0.276. The van der Waals surface area contributed by atoms with Crippen molar-refractivity contribution in [2.45, 2.75) is 26.7 Å². The van der Waals surface area contributed by atoms with Crippen molar-refractivity contribution in [2.24, 2.45) is 0 Å². The topological polar surface area (TPSA) is 55.3 Å². The van der Waals surface area contributed by atoms with Crippen LogP contribution in [0.1, 0.15) is 43.0 Å². The van der Waals surface area contributed by atoms with Gasteiger partial charge in [0.05, 0.1) is 17.8 Å². The molecule has 0 spiro atoms. The lowest BCUT2D eigenvalue weighted by Gasteiger charge is -2.17. The van der Waals surface area contributed by atoms with Crippen molar-refractivity contribution < 1.29 is 9.53 Å². The molecule has 0 N–H and O–H groups in total. The van der Waals surface area contributed by atoms with E-state index >= 15 is 0 Å². The highest BCUT2D eigenvalue weighted by molar-refractivity contribution is 6.33. The normalized spacial score (nSPS) is 10.8. The quantitative estimate of drug-likeness (QED) is 0.753. The van der Waals surface area contributed by atoms with E-state index in [2.05, 4.69) is 9.97 Å². The zero-order chi connectivity index (χ0) is 14.4. The minimum atomic E-state index is -0.214. The van der Waals surface area contributed by atoms with Crippen LogP contribution in [0.5, 0.6) is 0 Å². The summed E-state index contributed by atoms with van der Waals surface area (Å²) in [4.78, 5) is 22.1. The summed E-state index contributed by atoms with van der Waals surface area (Å²) in [6.07, 6.45) is 1.48. The predicted octanol–water partition coefficient (Wildman–Crippen LogP) is 2.36. The van der Waals surface area contributed by atoms with Crippen molar-refractivity contribution in [2.75, 3.05) is 26.8 Å². The molecule has 19 heavy (non-hydrogen) atoms. The molecule has 0 radical (unpaired) electrons. The van der Waals surface area contributed by atoms with Gasteiger partial charge in [-0.15, -0.1) is 0 Å². The molecule has 0 aliphatic rings. The number of nitrogens with zero attached hydrogens (tertiary/aromatic N) is 3. The van der Waals surface area contributed by atoms with Crippen molar-refractivity contribution in [3.63, 3.8) is 0 Å². The van der Waals surface area contributed by atoms with E-state index in [0.29, 0.717) is 25.6 Å². The number of carbonyl (C=O) groups is 1. The average Bonchev–Trinajstić information content (AvgIpc) is 2.38. The average molecular weight is 286 g/mol. The van der Waals surface area contributed by atoms with Crippen LogP contribution in [-0.4, -0.2) is 47.6 Å². The summed E-state index contributed by atoms with van der Waals surface area (Å²) in [6.45, 7) is 7.49.